The maximum absolute atomic E-state index is 11.9. The normalized spacial score (nSPS) is 17.9. The van der Waals surface area contributed by atoms with Gasteiger partial charge in [-0.1, -0.05) is 0 Å². The van der Waals surface area contributed by atoms with E-state index in [9.17, 15) is 4.79 Å². The fourth-order valence-corrected chi connectivity index (χ4v) is 3.01. The molecule has 1 heterocycles. The molecule has 0 radical (unpaired) electrons. The molecule has 0 aromatic heterocycles. The van der Waals surface area contributed by atoms with Crippen LogP contribution >= 0.6 is 35.7 Å². The minimum absolute atomic E-state index is 0. The Balaban J connectivity index is 0.00000576. The topological polar surface area (TPSA) is 66.0 Å². The quantitative estimate of drug-likeness (QED) is 0.250. The highest BCUT2D eigenvalue weighted by molar-refractivity contribution is 14.0. The van der Waals surface area contributed by atoms with E-state index in [1.54, 1.807) is 0 Å². The van der Waals surface area contributed by atoms with Crippen LogP contribution in [0.4, 0.5) is 4.79 Å². The van der Waals surface area contributed by atoms with E-state index in [2.05, 4.69) is 28.7 Å². The van der Waals surface area contributed by atoms with E-state index in [0.717, 1.165) is 45.0 Å². The Bertz CT molecular complexity index is 416. The van der Waals surface area contributed by atoms with Crippen LogP contribution in [-0.4, -0.2) is 66.8 Å². The van der Waals surface area contributed by atoms with Crippen molar-refractivity contribution in [2.75, 3.05) is 38.2 Å². The van der Waals surface area contributed by atoms with Crippen LogP contribution in [-0.2, 0) is 4.74 Å². The highest BCUT2D eigenvalue weighted by Gasteiger charge is 2.27. The summed E-state index contributed by atoms with van der Waals surface area (Å²) >= 11 is 1.88. The summed E-state index contributed by atoms with van der Waals surface area (Å²) in [6.07, 6.45) is 5.02. The number of hydrogen-bond donors (Lipinski definition) is 2. The van der Waals surface area contributed by atoms with Crippen molar-refractivity contribution in [2.45, 2.75) is 58.6 Å². The first-order valence-corrected chi connectivity index (χ1v) is 10.3. The Morgan fingerprint density at radius 1 is 1.36 bits per heavy atom. The third-order valence-electron chi connectivity index (χ3n) is 3.56. The van der Waals surface area contributed by atoms with Gasteiger partial charge in [0.2, 0.25) is 0 Å². The third kappa shape index (κ3) is 11.0. The predicted octanol–water partition coefficient (Wildman–Crippen LogP) is 3.31. The van der Waals surface area contributed by atoms with Gasteiger partial charge in [0.1, 0.15) is 5.60 Å². The van der Waals surface area contributed by atoms with Crippen LogP contribution in [0.3, 0.4) is 0 Å². The van der Waals surface area contributed by atoms with Gasteiger partial charge in [-0.15, -0.1) is 24.0 Å². The third-order valence-corrected chi connectivity index (χ3v) is 4.26. The van der Waals surface area contributed by atoms with Crippen LogP contribution < -0.4 is 10.6 Å². The number of hydrogen-bond acceptors (Lipinski definition) is 4. The van der Waals surface area contributed by atoms with Crippen molar-refractivity contribution in [3.8, 4) is 0 Å². The molecule has 1 saturated heterocycles. The second-order valence-corrected chi connectivity index (χ2v) is 8.00. The standard InChI is InChI=1S/C17H34N4O2S.HI/c1-6-18-15(19-10-7-8-12-24-5)21-11-9-14(13-21)20-16(22)23-17(2,3)4;/h14H,6-13H2,1-5H3,(H,18,19)(H,20,22);1H. The smallest absolute Gasteiger partial charge is 0.407 e. The number of aliphatic imine (C=N–C) groups is 1. The number of alkyl carbamates (subject to hydrolysis) is 1. The molecule has 6 nitrogen and oxygen atoms in total. The fraction of sp³-hybridized carbons (Fsp3) is 0.882. The monoisotopic (exact) mass is 486 g/mol. The van der Waals surface area contributed by atoms with Gasteiger partial charge in [0.15, 0.2) is 5.96 Å². The Morgan fingerprint density at radius 3 is 2.68 bits per heavy atom. The number of carbonyl (C=O) groups excluding carboxylic acids is 1. The predicted molar refractivity (Wildman–Crippen MR) is 118 cm³/mol. The van der Waals surface area contributed by atoms with E-state index >= 15 is 0 Å². The molecule has 1 aliphatic heterocycles. The fourth-order valence-electron chi connectivity index (χ4n) is 2.51. The van der Waals surface area contributed by atoms with Gasteiger partial charge < -0.3 is 20.3 Å². The summed E-state index contributed by atoms with van der Waals surface area (Å²) < 4.78 is 5.33. The number of amides is 1. The molecule has 2 N–H and O–H groups in total. The van der Waals surface area contributed by atoms with Crippen molar-refractivity contribution in [2.24, 2.45) is 4.99 Å². The average molecular weight is 486 g/mol. The lowest BCUT2D eigenvalue weighted by molar-refractivity contribution is 0.0507. The highest BCUT2D eigenvalue weighted by atomic mass is 127. The first-order chi connectivity index (χ1) is 11.4. The Labute approximate surface area is 174 Å². The summed E-state index contributed by atoms with van der Waals surface area (Å²) in [5, 5.41) is 6.31. The largest absolute Gasteiger partial charge is 0.444 e. The van der Waals surface area contributed by atoms with Gasteiger partial charge in [0, 0.05) is 26.2 Å². The van der Waals surface area contributed by atoms with Crippen LogP contribution in [0.2, 0.25) is 0 Å². The van der Waals surface area contributed by atoms with E-state index in [4.69, 9.17) is 9.73 Å². The molecule has 1 fully saturated rings. The van der Waals surface area contributed by atoms with Crippen LogP contribution in [0.15, 0.2) is 4.99 Å². The lowest BCUT2D eigenvalue weighted by atomic mass is 10.2. The maximum Gasteiger partial charge on any atom is 0.407 e. The van der Waals surface area contributed by atoms with Crippen molar-refractivity contribution < 1.29 is 9.53 Å². The SMILES string of the molecule is CCNC(=NCCCCSC)N1CCC(NC(=O)OC(C)(C)C)C1.I. The van der Waals surface area contributed by atoms with Crippen LogP contribution in [0.25, 0.3) is 0 Å². The number of unbranched alkanes of at least 4 members (excludes halogenated alkanes) is 1. The lowest BCUT2D eigenvalue weighted by Gasteiger charge is -2.23. The van der Waals surface area contributed by atoms with Gasteiger partial charge in [-0.2, -0.15) is 11.8 Å². The van der Waals surface area contributed by atoms with Gasteiger partial charge in [0.05, 0.1) is 6.04 Å². The molecule has 0 spiro atoms. The number of nitrogens with zero attached hydrogens (tertiary/aromatic N) is 2. The molecule has 0 aromatic carbocycles. The van der Waals surface area contributed by atoms with E-state index in [0.29, 0.717) is 0 Å². The zero-order valence-electron chi connectivity index (χ0n) is 16.3. The summed E-state index contributed by atoms with van der Waals surface area (Å²) in [5.41, 5.74) is -0.463. The number of thioether (sulfide) groups is 1. The number of halogens is 1. The van der Waals surface area contributed by atoms with E-state index in [-0.39, 0.29) is 36.1 Å². The molecule has 0 aromatic rings. The molecular formula is C17H35IN4O2S. The zero-order chi connectivity index (χ0) is 18.0. The number of likely N-dealkylation sites (tertiary alicyclic amines) is 1. The summed E-state index contributed by atoms with van der Waals surface area (Å²) in [5.74, 6) is 2.15. The molecule has 0 aliphatic carbocycles. The molecule has 25 heavy (non-hydrogen) atoms. The highest BCUT2D eigenvalue weighted by Crippen LogP contribution is 2.12. The summed E-state index contributed by atoms with van der Waals surface area (Å²) in [7, 11) is 0. The lowest BCUT2D eigenvalue weighted by Crippen LogP contribution is -2.44. The molecule has 1 aliphatic rings. The molecular weight excluding hydrogens is 451 g/mol. The molecule has 0 bridgehead atoms. The summed E-state index contributed by atoms with van der Waals surface area (Å²) in [6.45, 7) is 11.1. The van der Waals surface area contributed by atoms with Gasteiger partial charge >= 0.3 is 6.09 Å². The number of nitrogens with one attached hydrogen (secondary N) is 2. The van der Waals surface area contributed by atoms with Gasteiger partial charge in [0.25, 0.3) is 0 Å². The van der Waals surface area contributed by atoms with Crippen LogP contribution in [0.5, 0.6) is 0 Å². The van der Waals surface area contributed by atoms with Gasteiger partial charge in [-0.3, -0.25) is 4.99 Å². The first kappa shape index (κ1) is 24.6. The second kappa shape index (κ2) is 12.9. The molecule has 1 rings (SSSR count). The van der Waals surface area contributed by atoms with Gasteiger partial charge in [-0.25, -0.2) is 4.79 Å². The first-order valence-electron chi connectivity index (χ1n) is 8.87. The van der Waals surface area contributed by atoms with Crippen molar-refractivity contribution in [3.05, 3.63) is 0 Å². The van der Waals surface area contributed by atoms with Crippen LogP contribution in [0, 0.1) is 0 Å². The molecule has 1 atom stereocenters. The van der Waals surface area contributed by atoms with Crippen LogP contribution in [0.1, 0.15) is 47.0 Å². The van der Waals surface area contributed by atoms with Crippen molar-refractivity contribution in [1.82, 2.24) is 15.5 Å². The molecule has 0 saturated carbocycles. The minimum Gasteiger partial charge on any atom is -0.444 e. The number of guanidine groups is 1. The second-order valence-electron chi connectivity index (χ2n) is 7.01. The Morgan fingerprint density at radius 2 is 2.08 bits per heavy atom. The van der Waals surface area contributed by atoms with Crippen molar-refractivity contribution in [3.63, 3.8) is 0 Å². The minimum atomic E-state index is -0.463. The summed E-state index contributed by atoms with van der Waals surface area (Å²) in [4.78, 5) is 18.8. The molecule has 1 unspecified atom stereocenters. The maximum atomic E-state index is 11.9. The average Bonchev–Trinajstić information content (AvgIpc) is 2.92. The number of ether oxygens (including phenoxy) is 1. The Hall–Kier alpha value is -0.380. The van der Waals surface area contributed by atoms with Gasteiger partial charge in [-0.05, 0) is 59.0 Å². The molecule has 8 heteroatoms. The van der Waals surface area contributed by atoms with Crippen molar-refractivity contribution in [1.29, 1.82) is 0 Å². The van der Waals surface area contributed by atoms with E-state index in [1.807, 2.05) is 32.5 Å². The molecule has 148 valence electrons. The zero-order valence-corrected chi connectivity index (χ0v) is 19.4. The number of carbonyl (C=O) groups is 1. The number of rotatable bonds is 7. The Kier molecular flexibility index (Phi) is 12.7. The molecule has 1 amide bonds. The summed E-state index contributed by atoms with van der Waals surface area (Å²) in [6, 6.07) is 0.111. The van der Waals surface area contributed by atoms with Crippen molar-refractivity contribution >= 4 is 47.8 Å². The van der Waals surface area contributed by atoms with E-state index < -0.39 is 5.60 Å². The van der Waals surface area contributed by atoms with E-state index in [1.165, 1.54) is 12.2 Å².